The van der Waals surface area contributed by atoms with Crippen LogP contribution in [0.2, 0.25) is 0 Å². The molecule has 2 aliphatic heterocycles. The van der Waals surface area contributed by atoms with E-state index in [1.54, 1.807) is 30.0 Å². The Labute approximate surface area is 203 Å². The van der Waals surface area contributed by atoms with Crippen molar-refractivity contribution in [2.45, 2.75) is 26.7 Å². The highest BCUT2D eigenvalue weighted by atomic mass is 16.5. The predicted octanol–water partition coefficient (Wildman–Crippen LogP) is 3.57. The van der Waals surface area contributed by atoms with Crippen LogP contribution in [0.4, 0.5) is 11.4 Å². The maximum absolute atomic E-state index is 13.1. The number of fused-ring (bicyclic) bond motifs is 5. The van der Waals surface area contributed by atoms with Crippen LogP contribution in [0, 0.1) is 43.4 Å². The molecule has 0 radical (unpaired) electrons. The predicted molar refractivity (Wildman–Crippen MR) is 129 cm³/mol. The summed E-state index contributed by atoms with van der Waals surface area (Å²) in [4.78, 5) is 54.7. The normalized spacial score (nSPS) is 28.9. The molecule has 0 aromatic heterocycles. The lowest BCUT2D eigenvalue weighted by Gasteiger charge is -2.20. The van der Waals surface area contributed by atoms with E-state index in [1.807, 2.05) is 31.2 Å². The van der Waals surface area contributed by atoms with Gasteiger partial charge in [-0.25, -0.2) is 4.90 Å². The maximum atomic E-state index is 13.1. The molecule has 0 N–H and O–H groups in total. The number of aryl methyl sites for hydroxylation is 2. The molecule has 0 spiro atoms. The number of imide groups is 1. The van der Waals surface area contributed by atoms with Crippen LogP contribution in [0.25, 0.3) is 0 Å². The Bertz CT molecular complexity index is 1280. The third-order valence-corrected chi connectivity index (χ3v) is 7.96. The Morgan fingerprint density at radius 1 is 0.886 bits per heavy atom. The van der Waals surface area contributed by atoms with E-state index in [9.17, 15) is 19.2 Å². The van der Waals surface area contributed by atoms with Crippen LogP contribution in [0.1, 0.15) is 24.0 Å². The van der Waals surface area contributed by atoms with Gasteiger partial charge in [-0.2, -0.15) is 0 Å². The molecule has 3 fully saturated rings. The minimum Gasteiger partial charge on any atom is -0.426 e. The Morgan fingerprint density at radius 3 is 2.23 bits per heavy atom. The Balaban J connectivity index is 1.16. The number of hydrogen-bond donors (Lipinski definition) is 0. The van der Waals surface area contributed by atoms with Crippen molar-refractivity contribution in [3.05, 3.63) is 65.7 Å². The summed E-state index contributed by atoms with van der Waals surface area (Å²) in [5, 5.41) is 0. The molecule has 3 amide bonds. The third kappa shape index (κ3) is 3.32. The van der Waals surface area contributed by atoms with Gasteiger partial charge in [0.05, 0.1) is 23.4 Å². The summed E-state index contributed by atoms with van der Waals surface area (Å²) in [5.74, 6) is -1.28. The van der Waals surface area contributed by atoms with Crippen molar-refractivity contribution in [1.82, 2.24) is 0 Å². The molecular formula is C28H26N2O5. The standard InChI is InChI=1S/C28H26N2O5/c1-15-5-3-4-6-21(15)29-14-19(13-23(29)31)28(34)35-20-9-10-22(16(2)11-20)30-26(32)24-17-7-8-18(12-17)25(24)27(30)33/h3-11,17-19,24-25H,12-14H2,1-2H3/t17-,18-,19+,24+,25+/m0/s1. The smallest absolute Gasteiger partial charge is 0.316 e. The van der Waals surface area contributed by atoms with Crippen LogP contribution in [0.5, 0.6) is 5.75 Å². The molecule has 2 heterocycles. The number of carbonyl (C=O) groups excluding carboxylic acids is 4. The van der Waals surface area contributed by atoms with Gasteiger partial charge in [-0.15, -0.1) is 0 Å². The highest BCUT2D eigenvalue weighted by molar-refractivity contribution is 6.23. The molecule has 7 heteroatoms. The third-order valence-electron chi connectivity index (χ3n) is 7.96. The van der Waals surface area contributed by atoms with Crippen LogP contribution >= 0.6 is 0 Å². The first-order valence-corrected chi connectivity index (χ1v) is 12.1. The average Bonchev–Trinajstić information content (AvgIpc) is 3.59. The second-order valence-electron chi connectivity index (χ2n) is 10.1. The summed E-state index contributed by atoms with van der Waals surface area (Å²) in [6, 6.07) is 12.5. The van der Waals surface area contributed by atoms with Gasteiger partial charge in [0, 0.05) is 18.7 Å². The highest BCUT2D eigenvalue weighted by Gasteiger charge is 2.59. The summed E-state index contributed by atoms with van der Waals surface area (Å²) in [6.07, 6.45) is 5.13. The largest absolute Gasteiger partial charge is 0.426 e. The van der Waals surface area contributed by atoms with E-state index in [4.69, 9.17) is 4.74 Å². The number of allylic oxidation sites excluding steroid dienone is 2. The van der Waals surface area contributed by atoms with Crippen LogP contribution < -0.4 is 14.5 Å². The molecule has 0 unspecified atom stereocenters. The van der Waals surface area contributed by atoms with Gasteiger partial charge in [0.15, 0.2) is 0 Å². The number of carbonyl (C=O) groups is 4. The molecule has 2 aliphatic carbocycles. The molecule has 5 atom stereocenters. The number of hydrogen-bond acceptors (Lipinski definition) is 5. The van der Waals surface area contributed by atoms with Gasteiger partial charge in [-0.05, 0) is 67.5 Å². The molecule has 2 bridgehead atoms. The van der Waals surface area contributed by atoms with E-state index in [0.29, 0.717) is 17.0 Å². The number of nitrogens with zero attached hydrogens (tertiary/aromatic N) is 2. The Kier molecular flexibility index (Phi) is 4.91. The van der Waals surface area contributed by atoms with E-state index < -0.39 is 11.9 Å². The van der Waals surface area contributed by atoms with E-state index >= 15 is 0 Å². The van der Waals surface area contributed by atoms with E-state index in [1.165, 1.54) is 4.90 Å². The average molecular weight is 471 g/mol. The fourth-order valence-corrected chi connectivity index (χ4v) is 6.25. The van der Waals surface area contributed by atoms with Gasteiger partial charge >= 0.3 is 5.97 Å². The van der Waals surface area contributed by atoms with E-state index in [-0.39, 0.29) is 54.4 Å². The number of ether oxygens (including phenoxy) is 1. The summed E-state index contributed by atoms with van der Waals surface area (Å²) in [5.41, 5.74) is 3.00. The van der Waals surface area contributed by atoms with Gasteiger partial charge < -0.3 is 9.64 Å². The van der Waals surface area contributed by atoms with Gasteiger partial charge in [0.2, 0.25) is 17.7 Å². The molecule has 7 nitrogen and oxygen atoms in total. The lowest BCUT2D eigenvalue weighted by atomic mass is 9.85. The molecule has 178 valence electrons. The molecule has 2 saturated heterocycles. The van der Waals surface area contributed by atoms with Gasteiger partial charge in [-0.3, -0.25) is 19.2 Å². The quantitative estimate of drug-likeness (QED) is 0.295. The van der Waals surface area contributed by atoms with Crippen molar-refractivity contribution in [2.24, 2.45) is 29.6 Å². The minimum absolute atomic E-state index is 0.0974. The fourth-order valence-electron chi connectivity index (χ4n) is 6.25. The Hall–Kier alpha value is -3.74. The summed E-state index contributed by atoms with van der Waals surface area (Å²) < 4.78 is 5.62. The van der Waals surface area contributed by atoms with Crippen LogP contribution in [-0.4, -0.2) is 30.2 Å². The number of benzene rings is 2. The monoisotopic (exact) mass is 470 g/mol. The molecule has 35 heavy (non-hydrogen) atoms. The number of rotatable bonds is 4. The zero-order valence-corrected chi connectivity index (χ0v) is 19.6. The number of para-hydroxylation sites is 1. The zero-order chi connectivity index (χ0) is 24.4. The van der Waals surface area contributed by atoms with Crippen molar-refractivity contribution in [1.29, 1.82) is 0 Å². The van der Waals surface area contributed by atoms with Crippen LogP contribution in [0.3, 0.4) is 0 Å². The molecule has 2 aromatic rings. The Morgan fingerprint density at radius 2 is 1.57 bits per heavy atom. The van der Waals surface area contributed by atoms with Crippen molar-refractivity contribution in [2.75, 3.05) is 16.3 Å². The van der Waals surface area contributed by atoms with Crippen LogP contribution in [-0.2, 0) is 19.2 Å². The first-order valence-electron chi connectivity index (χ1n) is 12.1. The topological polar surface area (TPSA) is 84.0 Å². The molecule has 6 rings (SSSR count). The lowest BCUT2D eigenvalue weighted by Crippen LogP contribution is -2.33. The van der Waals surface area contributed by atoms with Gasteiger partial charge in [0.25, 0.3) is 0 Å². The van der Waals surface area contributed by atoms with Crippen molar-refractivity contribution >= 4 is 35.1 Å². The maximum Gasteiger partial charge on any atom is 0.316 e. The SMILES string of the molecule is Cc1ccccc1N1C[C@H](C(=O)Oc2ccc(N3C(=O)[C@H]4[C@H](C3=O)[C@H]3C=C[C@H]4C3)c(C)c2)CC1=O. The van der Waals surface area contributed by atoms with E-state index in [0.717, 1.165) is 17.7 Å². The minimum atomic E-state index is -0.564. The van der Waals surface area contributed by atoms with Crippen LogP contribution in [0.15, 0.2) is 54.6 Å². The number of amides is 3. The molecular weight excluding hydrogens is 444 g/mol. The van der Waals surface area contributed by atoms with Crippen molar-refractivity contribution in [3.8, 4) is 5.75 Å². The highest BCUT2D eigenvalue weighted by Crippen LogP contribution is 2.53. The van der Waals surface area contributed by atoms with Gasteiger partial charge in [-0.1, -0.05) is 30.4 Å². The summed E-state index contributed by atoms with van der Waals surface area (Å²) in [6.45, 7) is 4.01. The summed E-state index contributed by atoms with van der Waals surface area (Å²) in [7, 11) is 0. The number of anilines is 2. The number of esters is 1. The second kappa shape index (κ2) is 7.90. The first-order chi connectivity index (χ1) is 16.8. The molecule has 1 saturated carbocycles. The van der Waals surface area contributed by atoms with E-state index in [2.05, 4.69) is 12.2 Å². The first kappa shape index (κ1) is 21.8. The fraction of sp³-hybridized carbons (Fsp3) is 0.357. The molecule has 2 aromatic carbocycles. The lowest BCUT2D eigenvalue weighted by molar-refractivity contribution is -0.139. The molecule has 4 aliphatic rings. The second-order valence-corrected chi connectivity index (χ2v) is 10.1. The zero-order valence-electron chi connectivity index (χ0n) is 19.6. The van der Waals surface area contributed by atoms with Crippen molar-refractivity contribution < 1.29 is 23.9 Å². The summed E-state index contributed by atoms with van der Waals surface area (Å²) >= 11 is 0. The van der Waals surface area contributed by atoms with Crippen molar-refractivity contribution in [3.63, 3.8) is 0 Å². The van der Waals surface area contributed by atoms with Gasteiger partial charge in [0.1, 0.15) is 5.75 Å².